The summed E-state index contributed by atoms with van der Waals surface area (Å²) in [5, 5.41) is 8.45. The van der Waals surface area contributed by atoms with Crippen LogP contribution in [-0.2, 0) is 24.0 Å². The van der Waals surface area contributed by atoms with Gasteiger partial charge in [-0.2, -0.15) is 0 Å². The zero-order valence-corrected chi connectivity index (χ0v) is 45.0. The van der Waals surface area contributed by atoms with Crippen molar-refractivity contribution in [2.24, 2.45) is 15.4 Å². The number of rotatable bonds is 22. The van der Waals surface area contributed by atoms with E-state index < -0.39 is 23.3 Å². The number of imide groups is 1. The number of anilines is 1. The van der Waals surface area contributed by atoms with Crippen LogP contribution in [0.25, 0.3) is 11.1 Å². The fourth-order valence-corrected chi connectivity index (χ4v) is 10.5. The lowest BCUT2D eigenvalue weighted by atomic mass is 9.67. The number of nitrogens with zero attached hydrogens (tertiary/aromatic N) is 5. The van der Waals surface area contributed by atoms with Crippen molar-refractivity contribution in [3.8, 4) is 28.7 Å². The number of nitrogens with one attached hydrogen (secondary N) is 3. The molecule has 0 spiro atoms. The predicted octanol–water partition coefficient (Wildman–Crippen LogP) is 7.33. The van der Waals surface area contributed by atoms with Gasteiger partial charge in [0.2, 0.25) is 17.7 Å². The first-order valence-corrected chi connectivity index (χ1v) is 26.8. The van der Waals surface area contributed by atoms with E-state index in [-0.39, 0.29) is 54.8 Å². The molecule has 3 atom stereocenters. The van der Waals surface area contributed by atoms with Crippen LogP contribution in [0.5, 0.6) is 28.7 Å². The molecule has 10 rings (SSSR count). The minimum absolute atomic E-state index is 0.184. The third kappa shape index (κ3) is 11.1. The molecule has 6 aliphatic rings. The van der Waals surface area contributed by atoms with Crippen molar-refractivity contribution < 1.29 is 57.2 Å². The van der Waals surface area contributed by atoms with Crippen LogP contribution in [0.15, 0.2) is 107 Å². The van der Waals surface area contributed by atoms with Gasteiger partial charge in [-0.05, 0) is 97.7 Å². The normalized spacial score (nSPS) is 18.6. The molecule has 5 aliphatic heterocycles. The van der Waals surface area contributed by atoms with Gasteiger partial charge in [0.05, 0.1) is 69.1 Å². The standard InChI is InChI=1S/C60H62N8O12/c1-36(64-59(75)60(20-8-21-60)58(74)61-22-6-5-7-23-66-53(69)18-19-54(66)70)55(71)65-41-14-10-37(11-15-41)39-26-42-32-62-47-30-51(49(77-3)28-45(47)56(72)67(42)34-39)79-24-9-25-80-52-31-48-46(29-50(52)78-4)57(73)68-35-40(27-43(68)33-63-48)38-12-16-44(76-2)17-13-38/h10-19,28-36,42-43H,5-9,20-27H2,1-4H3,(H,61,74)(H,64,75)(H,65,71)/t36-,42-,43-/m0/s1. The van der Waals surface area contributed by atoms with Gasteiger partial charge in [0.15, 0.2) is 23.0 Å². The van der Waals surface area contributed by atoms with Crippen molar-refractivity contribution in [1.82, 2.24) is 25.3 Å². The quantitative estimate of drug-likeness (QED) is 0.0399. The fraction of sp³-hybridized carbons (Fsp3) is 0.350. The number of carbonyl (C=O) groups is 7. The molecule has 0 saturated heterocycles. The van der Waals surface area contributed by atoms with Crippen molar-refractivity contribution in [2.75, 3.05) is 52.9 Å². The smallest absolute Gasteiger partial charge is 0.260 e. The second kappa shape index (κ2) is 23.5. The number of ether oxygens (including phenoxy) is 5. The van der Waals surface area contributed by atoms with Crippen molar-refractivity contribution in [1.29, 1.82) is 0 Å². The maximum Gasteiger partial charge on any atom is 0.260 e. The lowest BCUT2D eigenvalue weighted by Crippen LogP contribution is -2.58. The minimum Gasteiger partial charge on any atom is -0.497 e. The van der Waals surface area contributed by atoms with Crippen molar-refractivity contribution in [2.45, 2.75) is 82.8 Å². The summed E-state index contributed by atoms with van der Waals surface area (Å²) in [6, 6.07) is 20.1. The van der Waals surface area contributed by atoms with Gasteiger partial charge in [-0.25, -0.2) is 0 Å². The number of unbranched alkanes of at least 4 members (excludes halogenated alkanes) is 2. The van der Waals surface area contributed by atoms with Crippen molar-refractivity contribution in [3.05, 3.63) is 120 Å². The van der Waals surface area contributed by atoms with Gasteiger partial charge < -0.3 is 49.4 Å². The topological polar surface area (TPSA) is 236 Å². The van der Waals surface area contributed by atoms with E-state index >= 15 is 0 Å². The third-order valence-corrected chi connectivity index (χ3v) is 15.3. The Morgan fingerprint density at radius 2 is 1.19 bits per heavy atom. The number of hydrogen-bond acceptors (Lipinski definition) is 14. The highest BCUT2D eigenvalue weighted by atomic mass is 16.5. The molecule has 0 aromatic heterocycles. The number of hydrogen-bond donors (Lipinski definition) is 3. The summed E-state index contributed by atoms with van der Waals surface area (Å²) < 4.78 is 29.0. The molecular weight excluding hydrogens is 1020 g/mol. The molecule has 1 saturated carbocycles. The molecule has 0 radical (unpaired) electrons. The number of aliphatic imine (C=N–C) groups is 2. The Hall–Kier alpha value is -9.07. The summed E-state index contributed by atoms with van der Waals surface area (Å²) >= 11 is 0. The lowest BCUT2D eigenvalue weighted by Gasteiger charge is -2.39. The molecule has 4 aromatic rings. The van der Waals surface area contributed by atoms with Gasteiger partial charge in [0.1, 0.15) is 17.2 Å². The number of carbonyl (C=O) groups excluding carboxylic acids is 7. The number of amides is 7. The molecule has 80 heavy (non-hydrogen) atoms. The van der Waals surface area contributed by atoms with Gasteiger partial charge in [-0.3, -0.25) is 48.4 Å². The maximum atomic E-state index is 14.1. The highest BCUT2D eigenvalue weighted by Crippen LogP contribution is 2.44. The Balaban J connectivity index is 0.689. The molecule has 1 aliphatic carbocycles. The van der Waals surface area contributed by atoms with Crippen molar-refractivity contribution in [3.63, 3.8) is 0 Å². The van der Waals surface area contributed by atoms with Crippen LogP contribution in [0.2, 0.25) is 0 Å². The van der Waals surface area contributed by atoms with E-state index in [0.29, 0.717) is 122 Å². The number of methoxy groups -OCH3 is 3. The first-order chi connectivity index (χ1) is 38.8. The fourth-order valence-electron chi connectivity index (χ4n) is 10.5. The van der Waals surface area contributed by atoms with Crippen LogP contribution >= 0.6 is 0 Å². The molecule has 5 heterocycles. The van der Waals surface area contributed by atoms with Gasteiger partial charge in [-0.15, -0.1) is 0 Å². The average molecular weight is 1090 g/mol. The van der Waals surface area contributed by atoms with E-state index in [9.17, 15) is 33.6 Å². The first-order valence-electron chi connectivity index (χ1n) is 26.8. The molecule has 0 bridgehead atoms. The monoisotopic (exact) mass is 1090 g/mol. The Morgan fingerprint density at radius 1 is 0.650 bits per heavy atom. The zero-order chi connectivity index (χ0) is 56.1. The lowest BCUT2D eigenvalue weighted by molar-refractivity contribution is -0.150. The SMILES string of the molecule is COc1ccc(C2=CN3C(=O)c4cc(OC)c(OCCCOc5cc6c(cc5OC)C(=O)N5C=C(c7ccc(NC(=O)[C@H](C)NC(=O)C8(C(=O)NCCCCCN9C(=O)C=CC9=O)CCC8)cc7)C[C@H]5C=N6)cc4N=C[C@@H]3C2)cc1. The number of benzene rings is 4. The van der Waals surface area contributed by atoms with E-state index in [2.05, 4.69) is 16.0 Å². The Labute approximate surface area is 462 Å². The number of fused-ring (bicyclic) bond motifs is 4. The van der Waals surface area contributed by atoms with Gasteiger partial charge in [-0.1, -0.05) is 30.7 Å². The van der Waals surface area contributed by atoms with Crippen LogP contribution in [0.4, 0.5) is 17.1 Å². The minimum atomic E-state index is -1.25. The summed E-state index contributed by atoms with van der Waals surface area (Å²) in [5.74, 6) is -0.0402. The van der Waals surface area contributed by atoms with Gasteiger partial charge >= 0.3 is 0 Å². The molecule has 7 amide bonds. The molecular formula is C60H62N8O12. The molecule has 414 valence electrons. The summed E-state index contributed by atoms with van der Waals surface area (Å²) in [5.41, 5.74) is 4.70. The van der Waals surface area contributed by atoms with Gasteiger partial charge in [0.25, 0.3) is 23.6 Å². The Kier molecular flexibility index (Phi) is 15.9. The van der Waals surface area contributed by atoms with Crippen LogP contribution in [0.1, 0.15) is 96.6 Å². The highest BCUT2D eigenvalue weighted by molar-refractivity contribution is 6.13. The average Bonchev–Trinajstić information content (AvgIpc) is 4.15. The second-order valence-corrected chi connectivity index (χ2v) is 20.3. The molecule has 20 nitrogen and oxygen atoms in total. The van der Waals surface area contributed by atoms with Crippen LogP contribution < -0.4 is 39.6 Å². The summed E-state index contributed by atoms with van der Waals surface area (Å²) in [7, 11) is 4.65. The first kappa shape index (κ1) is 54.3. The van der Waals surface area contributed by atoms with Crippen LogP contribution in [0, 0.1) is 5.41 Å². The Bertz CT molecular complexity index is 3270. The summed E-state index contributed by atoms with van der Waals surface area (Å²) in [4.78, 5) is 105. The second-order valence-electron chi connectivity index (χ2n) is 20.3. The van der Waals surface area contributed by atoms with E-state index in [1.165, 1.54) is 31.3 Å². The van der Waals surface area contributed by atoms with Gasteiger partial charge in [0, 0.05) is 87.2 Å². The zero-order valence-electron chi connectivity index (χ0n) is 45.0. The summed E-state index contributed by atoms with van der Waals surface area (Å²) in [6.07, 6.45) is 14.7. The van der Waals surface area contributed by atoms with Crippen LogP contribution in [0.3, 0.4) is 0 Å². The van der Waals surface area contributed by atoms with E-state index in [4.69, 9.17) is 33.7 Å². The Morgan fingerprint density at radius 3 is 1.69 bits per heavy atom. The van der Waals surface area contributed by atoms with E-state index in [0.717, 1.165) is 28.0 Å². The highest BCUT2D eigenvalue weighted by Gasteiger charge is 2.51. The van der Waals surface area contributed by atoms with Crippen LogP contribution in [-0.4, -0.2) is 134 Å². The molecule has 4 aromatic carbocycles. The molecule has 1 fully saturated rings. The largest absolute Gasteiger partial charge is 0.497 e. The van der Waals surface area contributed by atoms with E-state index in [1.807, 2.05) is 48.8 Å². The maximum absolute atomic E-state index is 14.1. The predicted molar refractivity (Wildman–Crippen MR) is 298 cm³/mol. The molecule has 20 heteroatoms. The molecule has 3 N–H and O–H groups in total. The van der Waals surface area contributed by atoms with Crippen molar-refractivity contribution >= 4 is 82.0 Å². The van der Waals surface area contributed by atoms with E-state index in [1.54, 1.807) is 72.7 Å². The summed E-state index contributed by atoms with van der Waals surface area (Å²) in [6.45, 7) is 2.72. The third-order valence-electron chi connectivity index (χ3n) is 15.3. The molecule has 0 unspecified atom stereocenters.